The van der Waals surface area contributed by atoms with Crippen LogP contribution in [0.25, 0.3) is 0 Å². The van der Waals surface area contributed by atoms with Crippen LogP contribution in [-0.2, 0) is 17.7 Å². The van der Waals surface area contributed by atoms with Crippen LogP contribution in [-0.4, -0.2) is 49.5 Å². The number of rotatable bonds is 10. The molecule has 0 amide bonds. The normalized spacial score (nSPS) is 11.5. The van der Waals surface area contributed by atoms with Gasteiger partial charge in [-0.05, 0) is 32.4 Å². The first-order valence-corrected chi connectivity index (χ1v) is 9.15. The van der Waals surface area contributed by atoms with Crippen LogP contribution in [0.1, 0.15) is 29.8 Å². The van der Waals surface area contributed by atoms with Gasteiger partial charge in [-0.2, -0.15) is 4.98 Å². The number of hydrogen-bond acceptors (Lipinski definition) is 6. The molecule has 0 aliphatic heterocycles. The summed E-state index contributed by atoms with van der Waals surface area (Å²) in [7, 11) is 1.66. The van der Waals surface area contributed by atoms with Crippen LogP contribution < -0.4 is 15.4 Å². The van der Waals surface area contributed by atoms with Gasteiger partial charge in [-0.25, -0.2) is 4.99 Å². The summed E-state index contributed by atoms with van der Waals surface area (Å²) in [6.07, 6.45) is 0.640. The molecule has 2 rings (SSSR count). The molecule has 0 bridgehead atoms. The monoisotopic (exact) mass is 375 g/mol. The average molecular weight is 375 g/mol. The Morgan fingerprint density at radius 3 is 2.78 bits per heavy atom. The molecule has 1 aromatic heterocycles. The highest BCUT2D eigenvalue weighted by atomic mass is 16.5. The molecule has 0 fully saturated rings. The topological polar surface area (TPSA) is 93.8 Å². The quantitative estimate of drug-likeness (QED) is 0.373. The van der Waals surface area contributed by atoms with Crippen molar-refractivity contribution < 1.29 is 14.0 Å². The predicted molar refractivity (Wildman–Crippen MR) is 104 cm³/mol. The van der Waals surface area contributed by atoms with E-state index in [1.165, 1.54) is 0 Å². The smallest absolute Gasteiger partial charge is 0.228 e. The number of benzene rings is 1. The molecular formula is C19H29N5O3. The molecule has 148 valence electrons. The van der Waals surface area contributed by atoms with E-state index in [0.717, 1.165) is 29.4 Å². The lowest BCUT2D eigenvalue weighted by Gasteiger charge is -2.13. The van der Waals surface area contributed by atoms with Crippen LogP contribution in [0.3, 0.4) is 0 Å². The molecule has 0 aliphatic carbocycles. The molecule has 0 atom stereocenters. The molecule has 0 saturated carbocycles. The van der Waals surface area contributed by atoms with Crippen molar-refractivity contribution in [2.45, 2.75) is 33.7 Å². The number of aryl methyl sites for hydroxylation is 2. The second-order valence-corrected chi connectivity index (χ2v) is 6.06. The van der Waals surface area contributed by atoms with Gasteiger partial charge in [-0.15, -0.1) is 0 Å². The molecular weight excluding hydrogens is 346 g/mol. The Balaban J connectivity index is 1.96. The third kappa shape index (κ3) is 7.26. The van der Waals surface area contributed by atoms with Crippen LogP contribution >= 0.6 is 0 Å². The number of nitrogens with one attached hydrogen (secondary N) is 2. The summed E-state index contributed by atoms with van der Waals surface area (Å²) in [5.41, 5.74) is 2.18. The molecule has 27 heavy (non-hydrogen) atoms. The standard InChI is InChI=1S/C19H29N5O3/c1-5-20-19(21-9-8-18-23-15(3)24-27-18)22-13-16-7-6-14(2)12-17(16)26-11-10-25-4/h6-7,12H,5,8-11,13H2,1-4H3,(H2,20,21,22). The van der Waals surface area contributed by atoms with E-state index in [2.05, 4.69) is 31.8 Å². The number of aromatic nitrogens is 2. The van der Waals surface area contributed by atoms with Gasteiger partial charge < -0.3 is 24.6 Å². The van der Waals surface area contributed by atoms with Crippen LogP contribution in [0.15, 0.2) is 27.7 Å². The molecule has 0 aliphatic rings. The van der Waals surface area contributed by atoms with Gasteiger partial charge in [0.05, 0.1) is 13.2 Å². The summed E-state index contributed by atoms with van der Waals surface area (Å²) in [4.78, 5) is 8.85. The number of ether oxygens (including phenoxy) is 2. The van der Waals surface area contributed by atoms with Crippen LogP contribution in [0.2, 0.25) is 0 Å². The highest BCUT2D eigenvalue weighted by Crippen LogP contribution is 2.21. The maximum Gasteiger partial charge on any atom is 0.228 e. The number of hydrogen-bond donors (Lipinski definition) is 2. The molecule has 0 unspecified atom stereocenters. The first-order chi connectivity index (χ1) is 13.1. The summed E-state index contributed by atoms with van der Waals surface area (Å²) in [5.74, 6) is 2.83. The summed E-state index contributed by atoms with van der Waals surface area (Å²) in [6, 6.07) is 6.14. The lowest BCUT2D eigenvalue weighted by atomic mass is 10.1. The van der Waals surface area contributed by atoms with E-state index in [1.54, 1.807) is 14.0 Å². The molecule has 0 radical (unpaired) electrons. The molecule has 2 aromatic rings. The van der Waals surface area contributed by atoms with Crippen molar-refractivity contribution in [3.63, 3.8) is 0 Å². The Bertz CT molecular complexity index is 730. The van der Waals surface area contributed by atoms with Gasteiger partial charge in [0.15, 0.2) is 11.8 Å². The molecule has 1 heterocycles. The van der Waals surface area contributed by atoms with E-state index < -0.39 is 0 Å². The Morgan fingerprint density at radius 2 is 2.07 bits per heavy atom. The van der Waals surface area contributed by atoms with E-state index >= 15 is 0 Å². The largest absolute Gasteiger partial charge is 0.491 e. The highest BCUT2D eigenvalue weighted by Gasteiger charge is 2.06. The SMILES string of the molecule is CCNC(=NCc1ccc(C)cc1OCCOC)NCCc1nc(C)no1. The van der Waals surface area contributed by atoms with E-state index in [4.69, 9.17) is 14.0 Å². The van der Waals surface area contributed by atoms with Crippen LogP contribution in [0.4, 0.5) is 0 Å². The minimum Gasteiger partial charge on any atom is -0.491 e. The number of nitrogens with zero attached hydrogens (tertiary/aromatic N) is 3. The van der Waals surface area contributed by atoms with Crippen molar-refractivity contribution in [2.75, 3.05) is 33.4 Å². The van der Waals surface area contributed by atoms with E-state index in [-0.39, 0.29) is 0 Å². The zero-order chi connectivity index (χ0) is 19.5. The average Bonchev–Trinajstić information content (AvgIpc) is 3.06. The van der Waals surface area contributed by atoms with Gasteiger partial charge in [0.25, 0.3) is 0 Å². The minimum atomic E-state index is 0.512. The molecule has 8 nitrogen and oxygen atoms in total. The fraction of sp³-hybridized carbons (Fsp3) is 0.526. The summed E-state index contributed by atoms with van der Waals surface area (Å²) in [5, 5.41) is 10.3. The highest BCUT2D eigenvalue weighted by molar-refractivity contribution is 5.79. The first-order valence-electron chi connectivity index (χ1n) is 9.15. The zero-order valence-electron chi connectivity index (χ0n) is 16.5. The van der Waals surface area contributed by atoms with Crippen LogP contribution in [0, 0.1) is 13.8 Å². The van der Waals surface area contributed by atoms with Crippen molar-refractivity contribution in [2.24, 2.45) is 4.99 Å². The molecule has 0 spiro atoms. The zero-order valence-corrected chi connectivity index (χ0v) is 16.5. The lowest BCUT2D eigenvalue weighted by Crippen LogP contribution is -2.38. The van der Waals surface area contributed by atoms with Gasteiger partial charge in [0.1, 0.15) is 12.4 Å². The number of guanidine groups is 1. The Hall–Kier alpha value is -2.61. The number of methoxy groups -OCH3 is 1. The molecule has 0 saturated heterocycles. The maximum absolute atomic E-state index is 5.83. The van der Waals surface area contributed by atoms with Crippen molar-refractivity contribution >= 4 is 5.96 Å². The lowest BCUT2D eigenvalue weighted by molar-refractivity contribution is 0.145. The first kappa shape index (κ1) is 20.7. The second-order valence-electron chi connectivity index (χ2n) is 6.06. The predicted octanol–water partition coefficient (Wildman–Crippen LogP) is 2.01. The Kier molecular flexibility index (Phi) is 8.57. The summed E-state index contributed by atoms with van der Waals surface area (Å²) in [6.45, 7) is 8.88. The van der Waals surface area contributed by atoms with Crippen molar-refractivity contribution in [3.8, 4) is 5.75 Å². The Morgan fingerprint density at radius 1 is 1.22 bits per heavy atom. The molecule has 8 heteroatoms. The second kappa shape index (κ2) is 11.2. The van der Waals surface area contributed by atoms with E-state index in [0.29, 0.717) is 44.4 Å². The fourth-order valence-corrected chi connectivity index (χ4v) is 2.40. The minimum absolute atomic E-state index is 0.512. The molecule has 2 N–H and O–H groups in total. The van der Waals surface area contributed by atoms with Gasteiger partial charge >= 0.3 is 0 Å². The van der Waals surface area contributed by atoms with Gasteiger partial charge in [0, 0.05) is 32.2 Å². The van der Waals surface area contributed by atoms with E-state index in [1.807, 2.05) is 26.0 Å². The fourth-order valence-electron chi connectivity index (χ4n) is 2.40. The third-order valence-corrected chi connectivity index (χ3v) is 3.72. The van der Waals surface area contributed by atoms with Gasteiger partial charge in [-0.1, -0.05) is 17.3 Å². The molecule has 1 aromatic carbocycles. The number of aliphatic imine (C=N–C) groups is 1. The summed E-state index contributed by atoms with van der Waals surface area (Å²) >= 11 is 0. The van der Waals surface area contributed by atoms with Crippen molar-refractivity contribution in [3.05, 3.63) is 41.0 Å². The van der Waals surface area contributed by atoms with Crippen LogP contribution in [0.5, 0.6) is 5.75 Å². The van der Waals surface area contributed by atoms with Crippen molar-refractivity contribution in [1.29, 1.82) is 0 Å². The maximum atomic E-state index is 5.83. The Labute approximate surface area is 160 Å². The summed E-state index contributed by atoms with van der Waals surface area (Å²) < 4.78 is 16.0. The van der Waals surface area contributed by atoms with Gasteiger partial charge in [-0.3, -0.25) is 0 Å². The van der Waals surface area contributed by atoms with Crippen molar-refractivity contribution in [1.82, 2.24) is 20.8 Å². The van der Waals surface area contributed by atoms with Gasteiger partial charge in [0.2, 0.25) is 5.89 Å². The van der Waals surface area contributed by atoms with E-state index in [9.17, 15) is 0 Å². The third-order valence-electron chi connectivity index (χ3n) is 3.72.